The van der Waals surface area contributed by atoms with E-state index in [1.807, 2.05) is 55.5 Å². The fourth-order valence-corrected chi connectivity index (χ4v) is 2.60. The molecule has 0 aliphatic heterocycles. The van der Waals surface area contributed by atoms with E-state index < -0.39 is 0 Å². The zero-order valence-electron chi connectivity index (χ0n) is 12.6. The Labute approximate surface area is 134 Å². The highest BCUT2D eigenvalue weighted by atomic mass is 32.2. The van der Waals surface area contributed by atoms with Gasteiger partial charge in [-0.25, -0.2) is 0 Å². The van der Waals surface area contributed by atoms with E-state index in [0.29, 0.717) is 5.75 Å². The summed E-state index contributed by atoms with van der Waals surface area (Å²) in [6.07, 6.45) is 0. The number of rotatable bonds is 5. The van der Waals surface area contributed by atoms with Crippen molar-refractivity contribution in [3.8, 4) is 0 Å². The molecule has 2 amide bonds. The average molecular weight is 314 g/mol. The minimum atomic E-state index is -0.112. The van der Waals surface area contributed by atoms with Crippen LogP contribution in [-0.2, 0) is 9.59 Å². The lowest BCUT2D eigenvalue weighted by atomic mass is 10.2. The second-order valence-corrected chi connectivity index (χ2v) is 5.96. The summed E-state index contributed by atoms with van der Waals surface area (Å²) >= 11 is 1.43. The van der Waals surface area contributed by atoms with Gasteiger partial charge in [0.2, 0.25) is 11.8 Å². The van der Waals surface area contributed by atoms with Gasteiger partial charge in [-0.2, -0.15) is 0 Å². The van der Waals surface area contributed by atoms with Gasteiger partial charge < -0.3 is 10.6 Å². The zero-order chi connectivity index (χ0) is 15.9. The maximum Gasteiger partial charge on any atom is 0.234 e. The van der Waals surface area contributed by atoms with E-state index >= 15 is 0 Å². The number of thioether (sulfide) groups is 1. The Hall–Kier alpha value is -2.27. The summed E-state index contributed by atoms with van der Waals surface area (Å²) in [7, 11) is 0. The van der Waals surface area contributed by atoms with Crippen molar-refractivity contribution in [2.45, 2.75) is 18.7 Å². The first-order valence-electron chi connectivity index (χ1n) is 6.90. The molecule has 0 atom stereocenters. The fourth-order valence-electron chi connectivity index (χ4n) is 1.85. The van der Waals surface area contributed by atoms with Gasteiger partial charge in [0.15, 0.2) is 0 Å². The molecule has 2 N–H and O–H groups in total. The first-order chi connectivity index (χ1) is 10.5. The SMILES string of the molecule is CC(=O)Nc1cccc(SCC(=O)Nc2ccc(C)cc2)c1. The molecular weight excluding hydrogens is 296 g/mol. The second kappa shape index (κ2) is 7.66. The summed E-state index contributed by atoms with van der Waals surface area (Å²) in [6, 6.07) is 15.1. The fraction of sp³-hybridized carbons (Fsp3) is 0.176. The topological polar surface area (TPSA) is 58.2 Å². The summed E-state index contributed by atoms with van der Waals surface area (Å²) in [6.45, 7) is 3.47. The highest BCUT2D eigenvalue weighted by molar-refractivity contribution is 8.00. The summed E-state index contributed by atoms with van der Waals surface area (Å²) in [5.41, 5.74) is 2.68. The van der Waals surface area contributed by atoms with Crippen LogP contribution in [0.4, 0.5) is 11.4 Å². The highest BCUT2D eigenvalue weighted by Gasteiger charge is 2.05. The van der Waals surface area contributed by atoms with Crippen LogP contribution in [0.2, 0.25) is 0 Å². The van der Waals surface area contributed by atoms with Crippen molar-refractivity contribution in [2.24, 2.45) is 0 Å². The minimum absolute atomic E-state index is 0.0567. The zero-order valence-corrected chi connectivity index (χ0v) is 13.4. The van der Waals surface area contributed by atoms with Crippen LogP contribution in [0, 0.1) is 6.92 Å². The Kier molecular flexibility index (Phi) is 5.61. The third kappa shape index (κ3) is 5.26. The number of nitrogens with one attached hydrogen (secondary N) is 2. The molecule has 0 saturated carbocycles. The molecule has 0 aliphatic rings. The number of aryl methyl sites for hydroxylation is 1. The van der Waals surface area contributed by atoms with Crippen molar-refractivity contribution in [3.63, 3.8) is 0 Å². The lowest BCUT2D eigenvalue weighted by Crippen LogP contribution is -2.13. The number of benzene rings is 2. The van der Waals surface area contributed by atoms with Crippen molar-refractivity contribution in [2.75, 3.05) is 16.4 Å². The highest BCUT2D eigenvalue weighted by Crippen LogP contribution is 2.22. The standard InChI is InChI=1S/C17H18N2O2S/c1-12-6-8-14(9-7-12)19-17(21)11-22-16-5-3-4-15(10-16)18-13(2)20/h3-10H,11H2,1-2H3,(H,18,20)(H,19,21). The van der Waals surface area contributed by atoms with E-state index in [9.17, 15) is 9.59 Å². The summed E-state index contributed by atoms with van der Waals surface area (Å²) in [5, 5.41) is 5.58. The van der Waals surface area contributed by atoms with Crippen LogP contribution in [0.15, 0.2) is 53.4 Å². The summed E-state index contributed by atoms with van der Waals surface area (Å²) < 4.78 is 0. The molecule has 0 heterocycles. The molecule has 0 fully saturated rings. The van der Waals surface area contributed by atoms with Gasteiger partial charge in [-0.05, 0) is 37.3 Å². The van der Waals surface area contributed by atoms with Crippen molar-refractivity contribution in [3.05, 3.63) is 54.1 Å². The molecule has 5 heteroatoms. The normalized spacial score (nSPS) is 10.1. The van der Waals surface area contributed by atoms with Gasteiger partial charge in [-0.15, -0.1) is 11.8 Å². The lowest BCUT2D eigenvalue weighted by molar-refractivity contribution is -0.114. The molecule has 2 rings (SSSR count). The number of hydrogen-bond acceptors (Lipinski definition) is 3. The molecular formula is C17H18N2O2S. The van der Waals surface area contributed by atoms with E-state index in [1.165, 1.54) is 18.7 Å². The number of anilines is 2. The van der Waals surface area contributed by atoms with Crippen LogP contribution in [0.25, 0.3) is 0 Å². The lowest BCUT2D eigenvalue weighted by Gasteiger charge is -2.07. The summed E-state index contributed by atoms with van der Waals surface area (Å²) in [5.74, 6) is 0.148. The number of hydrogen-bond donors (Lipinski definition) is 2. The van der Waals surface area contributed by atoms with Crippen molar-refractivity contribution < 1.29 is 9.59 Å². The molecule has 0 radical (unpaired) electrons. The molecule has 0 aliphatic carbocycles. The van der Waals surface area contributed by atoms with Crippen LogP contribution in [0.3, 0.4) is 0 Å². The van der Waals surface area contributed by atoms with Gasteiger partial charge in [-0.3, -0.25) is 9.59 Å². The first kappa shape index (κ1) is 16.1. The second-order valence-electron chi connectivity index (χ2n) is 4.91. The van der Waals surface area contributed by atoms with Gasteiger partial charge in [0.25, 0.3) is 0 Å². The van der Waals surface area contributed by atoms with Crippen LogP contribution < -0.4 is 10.6 Å². The van der Waals surface area contributed by atoms with Crippen molar-refractivity contribution >= 4 is 35.0 Å². The average Bonchev–Trinajstić information content (AvgIpc) is 2.47. The van der Waals surface area contributed by atoms with E-state index in [1.54, 1.807) is 0 Å². The predicted molar refractivity (Wildman–Crippen MR) is 91.3 cm³/mol. The predicted octanol–water partition coefficient (Wildman–Crippen LogP) is 3.68. The molecule has 0 unspecified atom stereocenters. The third-order valence-electron chi connectivity index (χ3n) is 2.86. The van der Waals surface area contributed by atoms with Gasteiger partial charge in [0, 0.05) is 23.2 Å². The van der Waals surface area contributed by atoms with E-state index in [4.69, 9.17) is 0 Å². The number of amides is 2. The molecule has 2 aromatic rings. The molecule has 4 nitrogen and oxygen atoms in total. The van der Waals surface area contributed by atoms with Crippen molar-refractivity contribution in [1.29, 1.82) is 0 Å². The van der Waals surface area contributed by atoms with Crippen LogP contribution in [0.5, 0.6) is 0 Å². The molecule has 0 spiro atoms. The smallest absolute Gasteiger partial charge is 0.234 e. The van der Waals surface area contributed by atoms with E-state index in [0.717, 1.165) is 21.8 Å². The molecule has 114 valence electrons. The van der Waals surface area contributed by atoms with Gasteiger partial charge in [-0.1, -0.05) is 23.8 Å². The Balaban J connectivity index is 1.88. The molecule has 0 saturated heterocycles. The first-order valence-corrected chi connectivity index (χ1v) is 7.88. The maximum atomic E-state index is 11.9. The Morgan fingerprint density at radius 2 is 1.73 bits per heavy atom. The molecule has 2 aromatic carbocycles. The number of carbonyl (C=O) groups excluding carboxylic acids is 2. The summed E-state index contributed by atoms with van der Waals surface area (Å²) in [4.78, 5) is 23.9. The Bertz CT molecular complexity index is 669. The molecule has 0 aromatic heterocycles. The van der Waals surface area contributed by atoms with Crippen LogP contribution in [0.1, 0.15) is 12.5 Å². The Morgan fingerprint density at radius 1 is 1.00 bits per heavy atom. The monoisotopic (exact) mass is 314 g/mol. The minimum Gasteiger partial charge on any atom is -0.326 e. The Morgan fingerprint density at radius 3 is 2.41 bits per heavy atom. The number of carbonyl (C=O) groups is 2. The van der Waals surface area contributed by atoms with Crippen LogP contribution >= 0.6 is 11.8 Å². The molecule has 22 heavy (non-hydrogen) atoms. The van der Waals surface area contributed by atoms with Gasteiger partial charge in [0.1, 0.15) is 0 Å². The van der Waals surface area contributed by atoms with E-state index in [-0.39, 0.29) is 11.8 Å². The van der Waals surface area contributed by atoms with Gasteiger partial charge >= 0.3 is 0 Å². The largest absolute Gasteiger partial charge is 0.326 e. The molecule has 0 bridgehead atoms. The maximum absolute atomic E-state index is 11.9. The van der Waals surface area contributed by atoms with Crippen LogP contribution in [-0.4, -0.2) is 17.6 Å². The van der Waals surface area contributed by atoms with Gasteiger partial charge in [0.05, 0.1) is 5.75 Å². The van der Waals surface area contributed by atoms with Crippen molar-refractivity contribution in [1.82, 2.24) is 0 Å². The van der Waals surface area contributed by atoms with E-state index in [2.05, 4.69) is 10.6 Å². The quantitative estimate of drug-likeness (QED) is 0.828. The third-order valence-corrected chi connectivity index (χ3v) is 3.85.